The monoisotopic (exact) mass is 389 g/mol. The second kappa shape index (κ2) is 7.63. The van der Waals surface area contributed by atoms with Crippen molar-refractivity contribution in [3.8, 4) is 11.3 Å². The normalized spacial score (nSPS) is 10.5. The Labute approximate surface area is 156 Å². The Morgan fingerprint density at radius 1 is 1.27 bits per heavy atom. The number of benzene rings is 2. The van der Waals surface area contributed by atoms with Crippen molar-refractivity contribution in [1.29, 1.82) is 0 Å². The van der Waals surface area contributed by atoms with Gasteiger partial charge in [0.2, 0.25) is 0 Å². The molecule has 132 valence electrons. The molecule has 3 aromatic rings. The van der Waals surface area contributed by atoms with Crippen LogP contribution in [0.2, 0.25) is 0 Å². The molecule has 0 aliphatic rings. The second-order valence-corrected chi connectivity index (χ2v) is 6.88. The number of thiazole rings is 1. The molecule has 2 aromatic carbocycles. The van der Waals surface area contributed by atoms with E-state index in [0.717, 1.165) is 4.90 Å². The van der Waals surface area contributed by atoms with Crippen LogP contribution >= 0.6 is 23.1 Å². The molecule has 9 heteroatoms. The van der Waals surface area contributed by atoms with Crippen LogP contribution in [-0.4, -0.2) is 22.1 Å². The molecule has 3 rings (SSSR count). The highest BCUT2D eigenvalue weighted by molar-refractivity contribution is 7.98. The third-order valence-electron chi connectivity index (χ3n) is 3.51. The standard InChI is InChI=1S/C17H12FN3O3S2/c1-25-12-6-7-15(21(23)24)13(8-12)16(22)20-17-19-14(9-26-17)10-2-4-11(18)5-3-10/h2-9H,1H3,(H,19,20,22). The number of carbonyl (C=O) groups excluding carboxylic acids is 1. The number of nitro benzene ring substituents is 1. The lowest BCUT2D eigenvalue weighted by molar-refractivity contribution is -0.385. The van der Waals surface area contributed by atoms with Crippen molar-refractivity contribution in [3.63, 3.8) is 0 Å². The Hall–Kier alpha value is -2.78. The first-order valence-electron chi connectivity index (χ1n) is 7.33. The zero-order valence-corrected chi connectivity index (χ0v) is 15.1. The molecule has 6 nitrogen and oxygen atoms in total. The van der Waals surface area contributed by atoms with E-state index in [-0.39, 0.29) is 17.1 Å². The number of thioether (sulfide) groups is 1. The summed E-state index contributed by atoms with van der Waals surface area (Å²) in [5.74, 6) is -0.953. The Balaban J connectivity index is 1.85. The highest BCUT2D eigenvalue weighted by Crippen LogP contribution is 2.28. The molecule has 0 unspecified atom stereocenters. The molecule has 0 aliphatic heterocycles. The molecule has 0 spiro atoms. The van der Waals surface area contributed by atoms with Crippen LogP contribution in [0.15, 0.2) is 52.7 Å². The van der Waals surface area contributed by atoms with Crippen LogP contribution in [0.5, 0.6) is 0 Å². The number of nitrogens with one attached hydrogen (secondary N) is 1. The van der Waals surface area contributed by atoms with Crippen molar-refractivity contribution < 1.29 is 14.1 Å². The van der Waals surface area contributed by atoms with Crippen LogP contribution in [0.25, 0.3) is 11.3 Å². The smallest absolute Gasteiger partial charge is 0.282 e. The van der Waals surface area contributed by atoms with E-state index in [9.17, 15) is 19.3 Å². The van der Waals surface area contributed by atoms with Crippen molar-refractivity contribution in [1.82, 2.24) is 4.98 Å². The molecule has 1 heterocycles. The molecule has 1 N–H and O–H groups in total. The van der Waals surface area contributed by atoms with Gasteiger partial charge in [-0.2, -0.15) is 0 Å². The summed E-state index contributed by atoms with van der Waals surface area (Å²) in [7, 11) is 0. The van der Waals surface area contributed by atoms with E-state index in [0.29, 0.717) is 16.4 Å². The summed E-state index contributed by atoms with van der Waals surface area (Å²) in [5, 5.41) is 15.8. The lowest BCUT2D eigenvalue weighted by Crippen LogP contribution is -2.14. The van der Waals surface area contributed by atoms with Crippen LogP contribution in [-0.2, 0) is 0 Å². The molecule has 0 bridgehead atoms. The van der Waals surface area contributed by atoms with E-state index in [2.05, 4.69) is 10.3 Å². The topological polar surface area (TPSA) is 85.1 Å². The molecule has 0 fully saturated rings. The van der Waals surface area contributed by atoms with Gasteiger partial charge >= 0.3 is 0 Å². The van der Waals surface area contributed by atoms with Gasteiger partial charge < -0.3 is 0 Å². The Morgan fingerprint density at radius 2 is 2.00 bits per heavy atom. The molecule has 0 aliphatic carbocycles. The second-order valence-electron chi connectivity index (χ2n) is 5.14. The minimum Gasteiger partial charge on any atom is -0.298 e. The summed E-state index contributed by atoms with van der Waals surface area (Å²) in [4.78, 5) is 28.1. The molecule has 1 amide bonds. The summed E-state index contributed by atoms with van der Waals surface area (Å²) >= 11 is 2.57. The van der Waals surface area contributed by atoms with Gasteiger partial charge in [-0.05, 0) is 42.7 Å². The summed E-state index contributed by atoms with van der Waals surface area (Å²) in [6, 6.07) is 10.2. The minimum atomic E-state index is -0.604. The molecule has 0 saturated heterocycles. The zero-order chi connectivity index (χ0) is 18.7. The summed E-state index contributed by atoms with van der Waals surface area (Å²) in [6.07, 6.45) is 1.82. The SMILES string of the molecule is CSc1ccc([N+](=O)[O-])c(C(=O)Nc2nc(-c3ccc(F)cc3)cs2)c1. The predicted octanol–water partition coefficient (Wildman–Crippen LogP) is 4.83. The van der Waals surface area contributed by atoms with E-state index in [4.69, 9.17) is 0 Å². The number of carbonyl (C=O) groups is 1. The number of hydrogen-bond acceptors (Lipinski definition) is 6. The minimum absolute atomic E-state index is 0.0274. The average molecular weight is 389 g/mol. The number of nitro groups is 1. The van der Waals surface area contributed by atoms with E-state index >= 15 is 0 Å². The van der Waals surface area contributed by atoms with Crippen molar-refractivity contribution in [2.75, 3.05) is 11.6 Å². The first-order valence-corrected chi connectivity index (χ1v) is 9.43. The third kappa shape index (κ3) is 3.89. The summed E-state index contributed by atoms with van der Waals surface area (Å²) in [6.45, 7) is 0. The van der Waals surface area contributed by atoms with Crippen molar-refractivity contribution in [2.45, 2.75) is 4.90 Å². The van der Waals surface area contributed by atoms with Gasteiger partial charge in [0.1, 0.15) is 11.4 Å². The summed E-state index contributed by atoms with van der Waals surface area (Å²) < 4.78 is 13.0. The van der Waals surface area contributed by atoms with Gasteiger partial charge in [-0.25, -0.2) is 9.37 Å². The van der Waals surface area contributed by atoms with Crippen LogP contribution in [0.3, 0.4) is 0 Å². The number of hydrogen-bond donors (Lipinski definition) is 1. The average Bonchev–Trinajstić information content (AvgIpc) is 3.10. The largest absolute Gasteiger partial charge is 0.298 e. The maximum atomic E-state index is 13.0. The molecule has 0 saturated carbocycles. The Kier molecular flexibility index (Phi) is 5.29. The van der Waals surface area contributed by atoms with Gasteiger partial charge in [0, 0.05) is 21.9 Å². The first kappa shape index (κ1) is 18.0. The van der Waals surface area contributed by atoms with Crippen LogP contribution < -0.4 is 5.32 Å². The molecule has 0 radical (unpaired) electrons. The van der Waals surface area contributed by atoms with E-state index in [1.807, 2.05) is 6.26 Å². The van der Waals surface area contributed by atoms with Crippen molar-refractivity contribution >= 4 is 39.8 Å². The molecular formula is C17H12FN3O3S2. The number of anilines is 1. The lowest BCUT2D eigenvalue weighted by Gasteiger charge is -2.05. The first-order chi connectivity index (χ1) is 12.5. The highest BCUT2D eigenvalue weighted by atomic mass is 32.2. The summed E-state index contributed by atoms with van der Waals surface area (Å²) in [5.41, 5.74) is 0.993. The van der Waals surface area contributed by atoms with Crippen LogP contribution in [0, 0.1) is 15.9 Å². The fourth-order valence-corrected chi connectivity index (χ4v) is 3.39. The highest BCUT2D eigenvalue weighted by Gasteiger charge is 2.21. The number of aromatic nitrogens is 1. The van der Waals surface area contributed by atoms with Gasteiger partial charge in [0.15, 0.2) is 5.13 Å². The van der Waals surface area contributed by atoms with Gasteiger partial charge in [0.25, 0.3) is 11.6 Å². The number of rotatable bonds is 5. The predicted molar refractivity (Wildman–Crippen MR) is 100 cm³/mol. The van der Waals surface area contributed by atoms with Crippen molar-refractivity contribution in [2.24, 2.45) is 0 Å². The number of nitrogens with zero attached hydrogens (tertiary/aromatic N) is 2. The maximum absolute atomic E-state index is 13.0. The number of halogens is 1. The Bertz CT molecular complexity index is 974. The van der Waals surface area contributed by atoms with Crippen molar-refractivity contribution in [3.05, 3.63) is 69.3 Å². The van der Waals surface area contributed by atoms with E-state index in [1.54, 1.807) is 23.6 Å². The molecule has 26 heavy (non-hydrogen) atoms. The van der Waals surface area contributed by atoms with Crippen LogP contribution in [0.1, 0.15) is 10.4 Å². The van der Waals surface area contributed by atoms with E-state index < -0.39 is 10.8 Å². The fourth-order valence-electron chi connectivity index (χ4n) is 2.23. The van der Waals surface area contributed by atoms with Gasteiger partial charge in [-0.1, -0.05) is 0 Å². The fraction of sp³-hybridized carbons (Fsp3) is 0.0588. The zero-order valence-electron chi connectivity index (χ0n) is 13.4. The molecule has 1 aromatic heterocycles. The Morgan fingerprint density at radius 3 is 2.65 bits per heavy atom. The quantitative estimate of drug-likeness (QED) is 0.384. The third-order valence-corrected chi connectivity index (χ3v) is 4.99. The maximum Gasteiger partial charge on any atom is 0.282 e. The molecular weight excluding hydrogens is 377 g/mol. The van der Waals surface area contributed by atoms with Gasteiger partial charge in [-0.15, -0.1) is 23.1 Å². The lowest BCUT2D eigenvalue weighted by atomic mass is 10.1. The molecule has 0 atom stereocenters. The van der Waals surface area contributed by atoms with Gasteiger partial charge in [0.05, 0.1) is 10.6 Å². The van der Waals surface area contributed by atoms with Gasteiger partial charge in [-0.3, -0.25) is 20.2 Å². The van der Waals surface area contributed by atoms with Crippen LogP contribution in [0.4, 0.5) is 15.2 Å². The van der Waals surface area contributed by atoms with E-state index in [1.165, 1.54) is 47.4 Å². The number of amides is 1.